The second-order valence-electron chi connectivity index (χ2n) is 6.09. The Kier molecular flexibility index (Phi) is 3.79. The first-order valence-corrected chi connectivity index (χ1v) is 7.68. The van der Waals surface area contributed by atoms with Gasteiger partial charge in [0.25, 0.3) is 0 Å². The van der Waals surface area contributed by atoms with Crippen molar-refractivity contribution in [3.8, 4) is 11.5 Å². The van der Waals surface area contributed by atoms with Gasteiger partial charge in [-0.05, 0) is 50.3 Å². The minimum absolute atomic E-state index is 0.133. The highest BCUT2D eigenvalue weighted by atomic mass is 16.6. The summed E-state index contributed by atoms with van der Waals surface area (Å²) in [4.78, 5) is 11.4. The Labute approximate surface area is 125 Å². The summed E-state index contributed by atoms with van der Waals surface area (Å²) in [6, 6.07) is 5.83. The van der Waals surface area contributed by atoms with Gasteiger partial charge in [0.2, 0.25) is 0 Å². The van der Waals surface area contributed by atoms with Crippen LogP contribution in [0.2, 0.25) is 0 Å². The molecular formula is C17H22O4. The van der Waals surface area contributed by atoms with Gasteiger partial charge in [-0.3, -0.25) is 4.79 Å². The van der Waals surface area contributed by atoms with Crippen LogP contribution in [0.4, 0.5) is 0 Å². The largest absolute Gasteiger partial charge is 0.493 e. The van der Waals surface area contributed by atoms with E-state index in [2.05, 4.69) is 0 Å². The summed E-state index contributed by atoms with van der Waals surface area (Å²) in [6.07, 6.45) is 6.10. The Morgan fingerprint density at radius 1 is 1.24 bits per heavy atom. The Morgan fingerprint density at radius 2 is 2.00 bits per heavy atom. The fourth-order valence-electron chi connectivity index (χ4n) is 3.18. The third kappa shape index (κ3) is 2.85. The van der Waals surface area contributed by atoms with E-state index in [1.54, 1.807) is 7.11 Å². The summed E-state index contributed by atoms with van der Waals surface area (Å²) in [6.45, 7) is 1.96. The molecule has 0 aromatic heterocycles. The van der Waals surface area contributed by atoms with Crippen molar-refractivity contribution in [2.24, 2.45) is 0 Å². The summed E-state index contributed by atoms with van der Waals surface area (Å²) in [5.41, 5.74) is 0.430. The van der Waals surface area contributed by atoms with E-state index in [0.717, 1.165) is 29.9 Å². The number of hydrogen-bond acceptors (Lipinski definition) is 4. The summed E-state index contributed by atoms with van der Waals surface area (Å²) in [5, 5.41) is 0. The molecule has 3 rings (SSSR count). The number of benzene rings is 1. The average Bonchev–Trinajstić information content (AvgIpc) is 3.09. The number of rotatable bonds is 4. The van der Waals surface area contributed by atoms with E-state index in [1.165, 1.54) is 12.8 Å². The summed E-state index contributed by atoms with van der Waals surface area (Å²) < 4.78 is 17.0. The highest BCUT2D eigenvalue weighted by Crippen LogP contribution is 2.41. The smallest absolute Gasteiger partial charge is 0.306 e. The van der Waals surface area contributed by atoms with Crippen molar-refractivity contribution in [3.05, 3.63) is 23.8 Å². The van der Waals surface area contributed by atoms with Gasteiger partial charge in [0.1, 0.15) is 5.60 Å². The van der Waals surface area contributed by atoms with Gasteiger partial charge in [-0.2, -0.15) is 0 Å². The van der Waals surface area contributed by atoms with E-state index in [-0.39, 0.29) is 12.1 Å². The lowest BCUT2D eigenvalue weighted by atomic mass is 9.92. The van der Waals surface area contributed by atoms with E-state index in [1.807, 2.05) is 25.1 Å². The lowest BCUT2D eigenvalue weighted by molar-refractivity contribution is -0.147. The first-order valence-electron chi connectivity index (χ1n) is 7.68. The molecule has 4 heteroatoms. The lowest BCUT2D eigenvalue weighted by Gasteiger charge is -2.25. The molecule has 1 aromatic carbocycles. The third-order valence-corrected chi connectivity index (χ3v) is 4.52. The number of ether oxygens (including phenoxy) is 3. The van der Waals surface area contributed by atoms with Crippen LogP contribution < -0.4 is 9.47 Å². The van der Waals surface area contributed by atoms with Crippen LogP contribution in [0.3, 0.4) is 0 Å². The predicted molar refractivity (Wildman–Crippen MR) is 78.6 cm³/mol. The molecule has 21 heavy (non-hydrogen) atoms. The molecule has 4 nitrogen and oxygen atoms in total. The topological polar surface area (TPSA) is 44.8 Å². The minimum atomic E-state index is -0.545. The molecule has 0 radical (unpaired) electrons. The number of cyclic esters (lactones) is 1. The fraction of sp³-hybridized carbons (Fsp3) is 0.588. The van der Waals surface area contributed by atoms with Gasteiger partial charge in [-0.1, -0.05) is 6.07 Å². The van der Waals surface area contributed by atoms with Crippen LogP contribution in [-0.4, -0.2) is 19.2 Å². The first kappa shape index (κ1) is 14.2. The zero-order chi connectivity index (χ0) is 14.9. The van der Waals surface area contributed by atoms with Crippen LogP contribution in [0.1, 0.15) is 51.0 Å². The SMILES string of the molecule is COc1ccc([C@@]2(C)CCC(=O)O2)cc1OC1CCCC1. The fourth-order valence-corrected chi connectivity index (χ4v) is 3.18. The van der Waals surface area contributed by atoms with E-state index >= 15 is 0 Å². The van der Waals surface area contributed by atoms with E-state index in [4.69, 9.17) is 14.2 Å². The van der Waals surface area contributed by atoms with Crippen LogP contribution in [0.15, 0.2) is 18.2 Å². The molecule has 1 saturated carbocycles. The van der Waals surface area contributed by atoms with Crippen LogP contribution in [0, 0.1) is 0 Å². The van der Waals surface area contributed by atoms with Gasteiger partial charge < -0.3 is 14.2 Å². The molecule has 0 N–H and O–H groups in total. The molecule has 0 unspecified atom stereocenters. The molecule has 2 fully saturated rings. The van der Waals surface area contributed by atoms with E-state index < -0.39 is 5.60 Å². The second-order valence-corrected chi connectivity index (χ2v) is 6.09. The van der Waals surface area contributed by atoms with Gasteiger partial charge in [0, 0.05) is 12.8 Å². The quantitative estimate of drug-likeness (QED) is 0.795. The molecule has 1 atom stereocenters. The van der Waals surface area contributed by atoms with Crippen molar-refractivity contribution in [2.75, 3.05) is 7.11 Å². The highest BCUT2D eigenvalue weighted by Gasteiger charge is 2.38. The lowest BCUT2D eigenvalue weighted by Crippen LogP contribution is -2.21. The van der Waals surface area contributed by atoms with Crippen LogP contribution in [0.5, 0.6) is 11.5 Å². The van der Waals surface area contributed by atoms with E-state index in [9.17, 15) is 4.79 Å². The van der Waals surface area contributed by atoms with Crippen molar-refractivity contribution >= 4 is 5.97 Å². The molecule has 2 aliphatic rings. The maximum Gasteiger partial charge on any atom is 0.306 e. The molecule has 1 heterocycles. The molecule has 1 aliphatic carbocycles. The Balaban J connectivity index is 1.87. The van der Waals surface area contributed by atoms with E-state index in [0.29, 0.717) is 12.8 Å². The standard InChI is InChI=1S/C17H22O4/c1-17(10-9-16(18)21-17)12-7-8-14(19-2)15(11-12)20-13-5-3-4-6-13/h7-8,11,13H,3-6,9-10H2,1-2H3/t17-/m1/s1. The zero-order valence-electron chi connectivity index (χ0n) is 12.7. The molecule has 1 aliphatic heterocycles. The predicted octanol–water partition coefficient (Wildman–Crippen LogP) is 3.57. The van der Waals surface area contributed by atoms with Gasteiger partial charge in [0.15, 0.2) is 11.5 Å². The van der Waals surface area contributed by atoms with Gasteiger partial charge in [-0.25, -0.2) is 0 Å². The number of carbonyl (C=O) groups is 1. The molecule has 1 saturated heterocycles. The highest BCUT2D eigenvalue weighted by molar-refractivity contribution is 5.72. The van der Waals surface area contributed by atoms with Crippen LogP contribution >= 0.6 is 0 Å². The summed E-state index contributed by atoms with van der Waals surface area (Å²) in [5.74, 6) is 1.36. The van der Waals surface area contributed by atoms with Gasteiger partial charge >= 0.3 is 5.97 Å². The minimum Gasteiger partial charge on any atom is -0.493 e. The Bertz CT molecular complexity index is 534. The average molecular weight is 290 g/mol. The molecular weight excluding hydrogens is 268 g/mol. The van der Waals surface area contributed by atoms with Crippen molar-refractivity contribution in [1.82, 2.24) is 0 Å². The summed E-state index contributed by atoms with van der Waals surface area (Å²) in [7, 11) is 1.65. The van der Waals surface area contributed by atoms with Crippen molar-refractivity contribution in [1.29, 1.82) is 0 Å². The second kappa shape index (κ2) is 5.58. The maximum atomic E-state index is 11.4. The van der Waals surface area contributed by atoms with Crippen LogP contribution in [-0.2, 0) is 15.1 Å². The third-order valence-electron chi connectivity index (χ3n) is 4.52. The van der Waals surface area contributed by atoms with Crippen LogP contribution in [0.25, 0.3) is 0 Å². The molecule has 0 spiro atoms. The normalized spacial score (nSPS) is 25.9. The molecule has 114 valence electrons. The number of carbonyl (C=O) groups excluding carboxylic acids is 1. The van der Waals surface area contributed by atoms with Crippen molar-refractivity contribution in [3.63, 3.8) is 0 Å². The Morgan fingerprint density at radius 3 is 2.62 bits per heavy atom. The molecule has 0 bridgehead atoms. The number of methoxy groups -OCH3 is 1. The monoisotopic (exact) mass is 290 g/mol. The Hall–Kier alpha value is -1.71. The van der Waals surface area contributed by atoms with Crippen molar-refractivity contribution in [2.45, 2.75) is 57.2 Å². The summed E-state index contributed by atoms with van der Waals surface area (Å²) >= 11 is 0. The van der Waals surface area contributed by atoms with Gasteiger partial charge in [-0.15, -0.1) is 0 Å². The zero-order valence-corrected chi connectivity index (χ0v) is 12.7. The first-order chi connectivity index (χ1) is 10.1. The van der Waals surface area contributed by atoms with Crippen molar-refractivity contribution < 1.29 is 19.0 Å². The number of esters is 1. The molecule has 0 amide bonds. The maximum absolute atomic E-state index is 11.4. The van der Waals surface area contributed by atoms with Gasteiger partial charge in [0.05, 0.1) is 13.2 Å². The number of hydrogen-bond donors (Lipinski definition) is 0. The molecule has 1 aromatic rings.